The number of benzene rings is 1. The summed E-state index contributed by atoms with van der Waals surface area (Å²) in [4.78, 5) is 36.2. The predicted molar refractivity (Wildman–Crippen MR) is 137 cm³/mol. The smallest absolute Gasteiger partial charge is 0.335 e. The van der Waals surface area contributed by atoms with Gasteiger partial charge in [-0.1, -0.05) is 34.5 Å². The fourth-order valence-electron chi connectivity index (χ4n) is 3.70. The molecule has 1 aromatic carbocycles. The van der Waals surface area contributed by atoms with Gasteiger partial charge in [-0.25, -0.2) is 9.78 Å². The summed E-state index contributed by atoms with van der Waals surface area (Å²) in [5, 5.41) is 13.1. The maximum atomic E-state index is 12.7. The van der Waals surface area contributed by atoms with Crippen LogP contribution in [-0.4, -0.2) is 65.1 Å². The van der Waals surface area contributed by atoms with E-state index in [1.165, 1.54) is 11.3 Å². The number of aryl methyl sites for hydroxylation is 1. The van der Waals surface area contributed by atoms with Gasteiger partial charge in [0, 0.05) is 24.8 Å². The minimum Gasteiger partial charge on any atom is -0.478 e. The zero-order valence-electron chi connectivity index (χ0n) is 18.2. The molecule has 2 aromatic heterocycles. The fourth-order valence-corrected chi connectivity index (χ4v) is 5.04. The number of hydrogen-bond donors (Lipinski definition) is 4. The molecule has 3 heterocycles. The SMILES string of the molecule is Cc1[nH]c(C(=O)Nc2nc3c(N4CC[C@H](N(C)C)C4)cc(C(=O)O)cc3s2)c(Cl)c1Cl.Cl.N. The molecule has 0 unspecified atom stereocenters. The Kier molecular flexibility index (Phi) is 8.61. The molecule has 1 fully saturated rings. The second-order valence-corrected chi connectivity index (χ2v) is 9.51. The number of carboxylic acid groups (broad SMARTS) is 1. The van der Waals surface area contributed by atoms with Crippen molar-refractivity contribution in [2.24, 2.45) is 0 Å². The van der Waals surface area contributed by atoms with Crippen molar-refractivity contribution in [1.82, 2.24) is 21.0 Å². The van der Waals surface area contributed by atoms with E-state index in [0.717, 1.165) is 25.2 Å². The van der Waals surface area contributed by atoms with Gasteiger partial charge in [-0.15, -0.1) is 12.4 Å². The molecular weight excluding hydrogens is 511 g/mol. The monoisotopic (exact) mass is 534 g/mol. The first-order valence-electron chi connectivity index (χ1n) is 9.60. The molecule has 13 heteroatoms. The maximum absolute atomic E-state index is 12.7. The van der Waals surface area contributed by atoms with Gasteiger partial charge in [-0.3, -0.25) is 10.1 Å². The normalized spacial score (nSPS) is 15.5. The van der Waals surface area contributed by atoms with Crippen molar-refractivity contribution in [1.29, 1.82) is 0 Å². The Morgan fingerprint density at radius 3 is 2.55 bits per heavy atom. The van der Waals surface area contributed by atoms with E-state index in [0.29, 0.717) is 32.1 Å². The van der Waals surface area contributed by atoms with Crippen molar-refractivity contribution >= 4 is 79.9 Å². The zero-order valence-corrected chi connectivity index (χ0v) is 21.4. The Bertz CT molecular complexity index is 1200. The minimum atomic E-state index is -1.01. The molecule has 33 heavy (non-hydrogen) atoms. The lowest BCUT2D eigenvalue weighted by Crippen LogP contribution is -2.31. The van der Waals surface area contributed by atoms with Crippen LogP contribution >= 0.6 is 46.9 Å². The number of aromatic amines is 1. The van der Waals surface area contributed by atoms with Crippen LogP contribution in [-0.2, 0) is 0 Å². The van der Waals surface area contributed by atoms with Crippen LogP contribution < -0.4 is 16.4 Å². The van der Waals surface area contributed by atoms with Crippen molar-refractivity contribution in [3.63, 3.8) is 0 Å². The number of anilines is 2. The van der Waals surface area contributed by atoms with E-state index >= 15 is 0 Å². The van der Waals surface area contributed by atoms with E-state index in [1.54, 1.807) is 19.1 Å². The molecule has 6 N–H and O–H groups in total. The summed E-state index contributed by atoms with van der Waals surface area (Å²) >= 11 is 13.4. The highest BCUT2D eigenvalue weighted by molar-refractivity contribution is 7.22. The first-order valence-corrected chi connectivity index (χ1v) is 11.2. The summed E-state index contributed by atoms with van der Waals surface area (Å²) in [5.74, 6) is -1.47. The average molecular weight is 536 g/mol. The third kappa shape index (κ3) is 5.21. The molecule has 1 amide bonds. The van der Waals surface area contributed by atoms with Crippen molar-refractivity contribution < 1.29 is 14.7 Å². The lowest BCUT2D eigenvalue weighted by atomic mass is 10.1. The van der Waals surface area contributed by atoms with Gasteiger partial charge in [0.15, 0.2) is 5.13 Å². The van der Waals surface area contributed by atoms with Gasteiger partial charge in [0.2, 0.25) is 0 Å². The number of amides is 1. The summed E-state index contributed by atoms with van der Waals surface area (Å²) in [6.07, 6.45) is 0.977. The van der Waals surface area contributed by atoms with E-state index in [-0.39, 0.29) is 34.8 Å². The Morgan fingerprint density at radius 2 is 2.00 bits per heavy atom. The minimum absolute atomic E-state index is 0. The molecule has 4 rings (SSSR count). The molecule has 1 atom stereocenters. The number of rotatable bonds is 5. The van der Waals surface area contributed by atoms with Crippen LogP contribution in [0.15, 0.2) is 12.1 Å². The average Bonchev–Trinajstić information content (AvgIpc) is 3.41. The molecule has 0 bridgehead atoms. The molecule has 0 radical (unpaired) electrons. The Morgan fingerprint density at radius 1 is 1.30 bits per heavy atom. The van der Waals surface area contributed by atoms with Gasteiger partial charge in [-0.05, 0) is 39.6 Å². The first-order chi connectivity index (χ1) is 14.7. The molecule has 0 saturated carbocycles. The lowest BCUT2D eigenvalue weighted by Gasteiger charge is -2.22. The summed E-state index contributed by atoms with van der Waals surface area (Å²) < 4.78 is 0.685. The van der Waals surface area contributed by atoms with Gasteiger partial charge in [-0.2, -0.15) is 0 Å². The Labute approximate surface area is 211 Å². The summed E-state index contributed by atoms with van der Waals surface area (Å²) in [6, 6.07) is 3.61. The summed E-state index contributed by atoms with van der Waals surface area (Å²) in [6.45, 7) is 3.30. The maximum Gasteiger partial charge on any atom is 0.335 e. The van der Waals surface area contributed by atoms with Gasteiger partial charge in [0.25, 0.3) is 5.91 Å². The van der Waals surface area contributed by atoms with Crippen molar-refractivity contribution in [2.45, 2.75) is 19.4 Å². The highest BCUT2D eigenvalue weighted by Gasteiger charge is 2.27. The topological polar surface area (TPSA) is 137 Å². The number of hydrogen-bond acceptors (Lipinski definition) is 7. The fraction of sp³-hybridized carbons (Fsp3) is 0.350. The molecular formula is C20H25Cl3N6O3S. The highest BCUT2D eigenvalue weighted by atomic mass is 35.5. The number of nitrogens with one attached hydrogen (secondary N) is 2. The molecule has 1 saturated heterocycles. The van der Waals surface area contributed by atoms with Crippen LogP contribution in [0.3, 0.4) is 0 Å². The van der Waals surface area contributed by atoms with E-state index in [1.807, 2.05) is 14.1 Å². The Hall–Kier alpha value is -2.08. The van der Waals surface area contributed by atoms with Crippen LogP contribution in [0.25, 0.3) is 10.2 Å². The van der Waals surface area contributed by atoms with Gasteiger partial charge < -0.3 is 26.0 Å². The van der Waals surface area contributed by atoms with Crippen molar-refractivity contribution in [3.05, 3.63) is 39.1 Å². The number of carboxylic acids is 1. The van der Waals surface area contributed by atoms with Gasteiger partial charge >= 0.3 is 5.97 Å². The van der Waals surface area contributed by atoms with Gasteiger partial charge in [0.05, 0.1) is 26.0 Å². The quantitative estimate of drug-likeness (QED) is 0.364. The second-order valence-electron chi connectivity index (χ2n) is 7.73. The number of H-pyrrole nitrogens is 1. The van der Waals surface area contributed by atoms with Gasteiger partial charge in [0.1, 0.15) is 11.2 Å². The molecule has 1 aliphatic heterocycles. The number of fused-ring (bicyclic) bond motifs is 1. The largest absolute Gasteiger partial charge is 0.478 e. The van der Waals surface area contributed by atoms with Crippen LogP contribution in [0.4, 0.5) is 10.8 Å². The number of halogens is 3. The number of likely N-dealkylation sites (N-methyl/N-ethyl adjacent to an activating group) is 1. The van der Waals surface area contributed by atoms with E-state index in [2.05, 4.69) is 25.1 Å². The summed E-state index contributed by atoms with van der Waals surface area (Å²) in [5.41, 5.74) is 2.36. The van der Waals surface area contributed by atoms with E-state index in [9.17, 15) is 14.7 Å². The highest BCUT2D eigenvalue weighted by Crippen LogP contribution is 2.37. The molecule has 0 spiro atoms. The molecule has 1 aliphatic rings. The number of aromatic nitrogens is 2. The standard InChI is InChI=1S/C20H21Cl2N5O3S.ClH.H3N/c1-9-14(21)15(22)17(23-9)18(28)25-20-24-16-12(27-5-4-11(8-27)26(2)3)6-10(19(29)30)7-13(16)31-20;;/h6-7,11,23H,4-5,8H2,1-3H3,(H,29,30)(H,24,25,28);1H;1H3/t11-;;/m0../s1. The molecule has 180 valence electrons. The molecule has 9 nitrogen and oxygen atoms in total. The van der Waals surface area contributed by atoms with Crippen molar-refractivity contribution in [3.8, 4) is 0 Å². The lowest BCUT2D eigenvalue weighted by molar-refractivity contribution is 0.0697. The van der Waals surface area contributed by atoms with Crippen molar-refractivity contribution in [2.75, 3.05) is 37.4 Å². The first kappa shape index (κ1) is 27.2. The molecule has 3 aromatic rings. The Balaban J connectivity index is 0.00000193. The van der Waals surface area contributed by atoms with E-state index in [4.69, 9.17) is 23.2 Å². The summed E-state index contributed by atoms with van der Waals surface area (Å²) in [7, 11) is 4.07. The predicted octanol–water partition coefficient (Wildman–Crippen LogP) is 4.91. The van der Waals surface area contributed by atoms with Crippen LogP contribution in [0.5, 0.6) is 0 Å². The van der Waals surface area contributed by atoms with Crippen LogP contribution in [0.2, 0.25) is 10.0 Å². The number of carbonyl (C=O) groups is 2. The van der Waals surface area contributed by atoms with E-state index < -0.39 is 11.9 Å². The second kappa shape index (κ2) is 10.5. The third-order valence-electron chi connectivity index (χ3n) is 5.46. The third-order valence-corrected chi connectivity index (χ3v) is 7.32. The molecule has 0 aliphatic carbocycles. The number of aromatic carboxylic acids is 1. The zero-order chi connectivity index (χ0) is 22.4. The number of thiazole rings is 1. The van der Waals surface area contributed by atoms with Crippen LogP contribution in [0, 0.1) is 6.92 Å². The van der Waals surface area contributed by atoms with Crippen LogP contribution in [0.1, 0.15) is 33.0 Å². The number of nitrogens with zero attached hydrogens (tertiary/aromatic N) is 3. The number of carbonyl (C=O) groups excluding carboxylic acids is 1.